The second kappa shape index (κ2) is 9.55. The maximum absolute atomic E-state index is 12.9. The quantitative estimate of drug-likeness (QED) is 0.656. The van der Waals surface area contributed by atoms with Crippen molar-refractivity contribution in [1.29, 1.82) is 0 Å². The number of carbonyl (C=O) groups is 1. The van der Waals surface area contributed by atoms with E-state index in [0.29, 0.717) is 24.9 Å². The third-order valence-corrected chi connectivity index (χ3v) is 5.20. The van der Waals surface area contributed by atoms with Crippen LogP contribution in [-0.4, -0.2) is 56.2 Å². The standard InChI is InChI=1S/C17H20BrN3O3S.ClH/c1-20(2)6-3-7-21(16(22)14-11-23-8-9-24-14)17-19-13-5-4-12(18)10-15(13)25-17;/h4-5,10-11H,3,6-9H2,1-2H3;1H. The lowest BCUT2D eigenvalue weighted by atomic mass is 10.3. The lowest BCUT2D eigenvalue weighted by Crippen LogP contribution is -2.36. The second-order valence-corrected chi connectivity index (χ2v) is 7.85. The molecule has 1 aliphatic heterocycles. The minimum absolute atomic E-state index is 0. The molecule has 0 N–H and O–H groups in total. The fourth-order valence-corrected chi connectivity index (χ4v) is 3.99. The van der Waals surface area contributed by atoms with Crippen LogP contribution in [0.25, 0.3) is 10.2 Å². The van der Waals surface area contributed by atoms with Crippen LogP contribution in [-0.2, 0) is 14.3 Å². The number of thiazole rings is 1. The number of fused-ring (bicyclic) bond motifs is 1. The molecule has 0 unspecified atom stereocenters. The van der Waals surface area contributed by atoms with Crippen LogP contribution in [0, 0.1) is 0 Å². The van der Waals surface area contributed by atoms with Gasteiger partial charge in [0.05, 0.1) is 10.2 Å². The van der Waals surface area contributed by atoms with Crippen LogP contribution < -0.4 is 4.90 Å². The van der Waals surface area contributed by atoms with Crippen molar-refractivity contribution >= 4 is 60.9 Å². The van der Waals surface area contributed by atoms with Gasteiger partial charge in [0.1, 0.15) is 19.5 Å². The molecule has 26 heavy (non-hydrogen) atoms. The van der Waals surface area contributed by atoms with E-state index in [1.165, 1.54) is 17.6 Å². The number of aromatic nitrogens is 1. The molecule has 0 spiro atoms. The molecule has 6 nitrogen and oxygen atoms in total. The van der Waals surface area contributed by atoms with Crippen LogP contribution in [0.3, 0.4) is 0 Å². The van der Waals surface area contributed by atoms with E-state index in [4.69, 9.17) is 9.47 Å². The minimum atomic E-state index is -0.212. The van der Waals surface area contributed by atoms with Crippen molar-refractivity contribution in [1.82, 2.24) is 9.88 Å². The lowest BCUT2D eigenvalue weighted by Gasteiger charge is -2.23. The van der Waals surface area contributed by atoms with Gasteiger partial charge in [-0.05, 0) is 45.3 Å². The van der Waals surface area contributed by atoms with Crippen LogP contribution in [0.5, 0.6) is 0 Å². The number of halogens is 2. The van der Waals surface area contributed by atoms with E-state index in [2.05, 4.69) is 25.8 Å². The zero-order valence-electron chi connectivity index (χ0n) is 14.6. The second-order valence-electron chi connectivity index (χ2n) is 5.92. The van der Waals surface area contributed by atoms with Crippen molar-refractivity contribution in [2.45, 2.75) is 6.42 Å². The van der Waals surface area contributed by atoms with E-state index in [9.17, 15) is 4.79 Å². The van der Waals surface area contributed by atoms with Gasteiger partial charge in [0.25, 0.3) is 5.91 Å². The largest absolute Gasteiger partial charge is 0.494 e. The molecule has 0 bridgehead atoms. The van der Waals surface area contributed by atoms with Gasteiger partial charge in [0.2, 0.25) is 5.76 Å². The molecule has 0 aliphatic carbocycles. The highest BCUT2D eigenvalue weighted by atomic mass is 79.9. The molecular formula is C17H21BrClN3O3S. The third kappa shape index (κ3) is 5.09. The molecule has 1 aromatic carbocycles. The third-order valence-electron chi connectivity index (χ3n) is 3.66. The van der Waals surface area contributed by atoms with E-state index in [1.807, 2.05) is 32.3 Å². The number of carbonyl (C=O) groups excluding carboxylic acids is 1. The highest BCUT2D eigenvalue weighted by molar-refractivity contribution is 9.10. The van der Waals surface area contributed by atoms with Gasteiger partial charge in [-0.2, -0.15) is 0 Å². The van der Waals surface area contributed by atoms with Crippen molar-refractivity contribution < 1.29 is 14.3 Å². The van der Waals surface area contributed by atoms with E-state index in [-0.39, 0.29) is 24.1 Å². The Morgan fingerprint density at radius 1 is 1.31 bits per heavy atom. The number of nitrogens with zero attached hydrogens (tertiary/aromatic N) is 3. The number of hydrogen-bond donors (Lipinski definition) is 0. The van der Waals surface area contributed by atoms with E-state index >= 15 is 0 Å². The summed E-state index contributed by atoms with van der Waals surface area (Å²) in [5.74, 6) is 0.0214. The van der Waals surface area contributed by atoms with Gasteiger partial charge in [-0.15, -0.1) is 12.4 Å². The Morgan fingerprint density at radius 3 is 2.81 bits per heavy atom. The zero-order valence-corrected chi connectivity index (χ0v) is 17.8. The smallest absolute Gasteiger partial charge is 0.298 e. The van der Waals surface area contributed by atoms with Crippen LogP contribution in [0.4, 0.5) is 5.13 Å². The highest BCUT2D eigenvalue weighted by Crippen LogP contribution is 2.32. The van der Waals surface area contributed by atoms with Gasteiger partial charge < -0.3 is 14.4 Å². The Labute approximate surface area is 171 Å². The lowest BCUT2D eigenvalue weighted by molar-refractivity contribution is -0.119. The number of hydrogen-bond acceptors (Lipinski definition) is 6. The van der Waals surface area contributed by atoms with Gasteiger partial charge in [-0.1, -0.05) is 27.3 Å². The molecule has 142 valence electrons. The summed E-state index contributed by atoms with van der Waals surface area (Å²) in [5.41, 5.74) is 0.878. The number of rotatable bonds is 6. The molecule has 2 aromatic rings. The maximum Gasteiger partial charge on any atom is 0.298 e. The number of benzene rings is 1. The van der Waals surface area contributed by atoms with Gasteiger partial charge >= 0.3 is 0 Å². The zero-order chi connectivity index (χ0) is 17.8. The summed E-state index contributed by atoms with van der Waals surface area (Å²) in [6.45, 7) is 2.30. The Balaban J connectivity index is 0.00000243. The van der Waals surface area contributed by atoms with Crippen molar-refractivity contribution in [2.75, 3.05) is 45.3 Å². The normalized spacial score (nSPS) is 13.6. The van der Waals surface area contributed by atoms with Gasteiger partial charge in [0, 0.05) is 11.0 Å². The van der Waals surface area contributed by atoms with Gasteiger partial charge in [-0.3, -0.25) is 9.69 Å². The van der Waals surface area contributed by atoms with Gasteiger partial charge in [0.15, 0.2) is 5.13 Å². The Bertz CT molecular complexity index is 797. The number of anilines is 1. The molecule has 1 amide bonds. The van der Waals surface area contributed by atoms with Crippen LogP contribution in [0.1, 0.15) is 6.42 Å². The number of amides is 1. The molecule has 0 atom stereocenters. The summed E-state index contributed by atoms with van der Waals surface area (Å²) in [7, 11) is 4.03. The molecular weight excluding hydrogens is 442 g/mol. The fourth-order valence-electron chi connectivity index (χ4n) is 2.44. The Morgan fingerprint density at radius 2 is 2.12 bits per heavy atom. The molecule has 0 saturated heterocycles. The Kier molecular flexibility index (Phi) is 7.69. The maximum atomic E-state index is 12.9. The first-order valence-corrected chi connectivity index (χ1v) is 9.63. The summed E-state index contributed by atoms with van der Waals surface area (Å²) >= 11 is 4.97. The van der Waals surface area contributed by atoms with E-state index < -0.39 is 0 Å². The first kappa shape index (κ1) is 21.0. The predicted molar refractivity (Wildman–Crippen MR) is 110 cm³/mol. The van der Waals surface area contributed by atoms with Crippen LogP contribution >= 0.6 is 39.7 Å². The summed E-state index contributed by atoms with van der Waals surface area (Å²) in [4.78, 5) is 21.3. The van der Waals surface area contributed by atoms with E-state index in [0.717, 1.165) is 27.7 Å². The average molecular weight is 463 g/mol. The highest BCUT2D eigenvalue weighted by Gasteiger charge is 2.26. The molecule has 9 heteroatoms. The monoisotopic (exact) mass is 461 g/mol. The first-order chi connectivity index (χ1) is 12.0. The molecule has 3 rings (SSSR count). The van der Waals surface area contributed by atoms with Crippen molar-refractivity contribution in [2.24, 2.45) is 0 Å². The Hall–Kier alpha value is -1.35. The topological polar surface area (TPSA) is 54.9 Å². The molecule has 2 heterocycles. The summed E-state index contributed by atoms with van der Waals surface area (Å²) in [5, 5.41) is 0.673. The molecule has 1 aliphatic rings. The SMILES string of the molecule is CN(C)CCCN(C(=O)C1=COCCO1)c1nc2ccc(Br)cc2s1.Cl. The molecule has 0 fully saturated rings. The number of ether oxygens (including phenoxy) is 2. The minimum Gasteiger partial charge on any atom is -0.494 e. The molecule has 0 radical (unpaired) electrons. The van der Waals surface area contributed by atoms with Gasteiger partial charge in [-0.25, -0.2) is 4.98 Å². The van der Waals surface area contributed by atoms with Crippen molar-refractivity contribution in [3.63, 3.8) is 0 Å². The predicted octanol–water partition coefficient (Wildman–Crippen LogP) is 3.65. The van der Waals surface area contributed by atoms with Crippen molar-refractivity contribution in [3.8, 4) is 0 Å². The average Bonchev–Trinajstić information content (AvgIpc) is 3.01. The van der Waals surface area contributed by atoms with Crippen LogP contribution in [0.2, 0.25) is 0 Å². The van der Waals surface area contributed by atoms with Crippen LogP contribution in [0.15, 0.2) is 34.7 Å². The fraction of sp³-hybridized carbons (Fsp3) is 0.412. The van der Waals surface area contributed by atoms with E-state index in [1.54, 1.807) is 4.90 Å². The molecule has 1 aromatic heterocycles. The van der Waals surface area contributed by atoms with Crippen molar-refractivity contribution in [3.05, 3.63) is 34.7 Å². The molecule has 0 saturated carbocycles. The summed E-state index contributed by atoms with van der Waals surface area (Å²) in [6.07, 6.45) is 2.24. The summed E-state index contributed by atoms with van der Waals surface area (Å²) < 4.78 is 12.7. The first-order valence-electron chi connectivity index (χ1n) is 8.02. The summed E-state index contributed by atoms with van der Waals surface area (Å²) in [6, 6.07) is 5.91.